The normalized spacial score (nSPS) is 13.7. The molecule has 0 saturated heterocycles. The summed E-state index contributed by atoms with van der Waals surface area (Å²) in [6, 6.07) is 7.26. The maximum absolute atomic E-state index is 12.8. The van der Waals surface area contributed by atoms with E-state index in [1.54, 1.807) is 26.2 Å². The minimum atomic E-state index is -4.44. The number of amides is 1. The molecule has 1 rings (SSSR count). The van der Waals surface area contributed by atoms with Gasteiger partial charge in [0.15, 0.2) is 0 Å². The molecule has 0 saturated carbocycles. The number of hydrogen-bond donors (Lipinski definition) is 1. The van der Waals surface area contributed by atoms with Crippen LogP contribution in [0.1, 0.15) is 45.1 Å². The molecular formula is C19H27F3N2O. The zero-order chi connectivity index (χ0) is 19.2. The minimum absolute atomic E-state index is 0.195. The zero-order valence-corrected chi connectivity index (χ0v) is 15.4. The molecule has 0 radical (unpaired) electrons. The molecule has 1 amide bonds. The van der Waals surface area contributed by atoms with Crippen molar-refractivity contribution >= 4 is 11.6 Å². The molecule has 1 aromatic rings. The van der Waals surface area contributed by atoms with Gasteiger partial charge in [0, 0.05) is 31.6 Å². The van der Waals surface area contributed by atoms with Crippen molar-refractivity contribution in [3.05, 3.63) is 41.6 Å². The van der Waals surface area contributed by atoms with Crippen molar-refractivity contribution in [2.75, 3.05) is 19.4 Å². The summed E-state index contributed by atoms with van der Waals surface area (Å²) in [5, 5.41) is 2.66. The fourth-order valence-electron chi connectivity index (χ4n) is 2.79. The van der Waals surface area contributed by atoms with E-state index in [0.717, 1.165) is 12.0 Å². The Morgan fingerprint density at radius 2 is 1.80 bits per heavy atom. The van der Waals surface area contributed by atoms with Crippen molar-refractivity contribution in [3.63, 3.8) is 0 Å². The molecule has 0 spiro atoms. The van der Waals surface area contributed by atoms with Gasteiger partial charge in [0.25, 0.3) is 5.91 Å². The highest BCUT2D eigenvalue weighted by atomic mass is 19.4. The molecule has 0 aromatic heterocycles. The van der Waals surface area contributed by atoms with Gasteiger partial charge >= 0.3 is 6.18 Å². The van der Waals surface area contributed by atoms with Gasteiger partial charge in [-0.1, -0.05) is 39.0 Å². The Labute approximate surface area is 147 Å². The van der Waals surface area contributed by atoms with Crippen molar-refractivity contribution in [2.24, 2.45) is 5.92 Å². The molecule has 1 aromatic carbocycles. The monoisotopic (exact) mass is 356 g/mol. The Balaban J connectivity index is 3.05. The summed E-state index contributed by atoms with van der Waals surface area (Å²) in [6.45, 7) is 6.27. The van der Waals surface area contributed by atoms with Gasteiger partial charge in [0.05, 0.1) is 6.42 Å². The number of para-hydroxylation sites is 1. The van der Waals surface area contributed by atoms with Gasteiger partial charge in [-0.25, -0.2) is 0 Å². The predicted molar refractivity (Wildman–Crippen MR) is 95.4 cm³/mol. The van der Waals surface area contributed by atoms with E-state index in [1.165, 1.54) is 11.1 Å². The average molecular weight is 356 g/mol. The fourth-order valence-corrected chi connectivity index (χ4v) is 2.79. The lowest BCUT2D eigenvalue weighted by Crippen LogP contribution is -2.22. The molecule has 6 heteroatoms. The molecule has 1 atom stereocenters. The second kappa shape index (κ2) is 8.92. The molecule has 0 fully saturated rings. The first-order chi connectivity index (χ1) is 11.5. The summed E-state index contributed by atoms with van der Waals surface area (Å²) in [7, 11) is 3.17. The smallest absolute Gasteiger partial charge is 0.383 e. The first-order valence-electron chi connectivity index (χ1n) is 8.33. The highest BCUT2D eigenvalue weighted by molar-refractivity contribution is 6.04. The lowest BCUT2D eigenvalue weighted by Gasteiger charge is -2.20. The number of carbonyl (C=O) groups is 1. The number of anilines is 1. The molecule has 0 aliphatic carbocycles. The zero-order valence-electron chi connectivity index (χ0n) is 15.4. The van der Waals surface area contributed by atoms with Crippen LogP contribution in [0.2, 0.25) is 0 Å². The van der Waals surface area contributed by atoms with Crippen LogP contribution in [0.5, 0.6) is 0 Å². The maximum atomic E-state index is 12.8. The van der Waals surface area contributed by atoms with E-state index in [9.17, 15) is 18.0 Å². The second-order valence-electron chi connectivity index (χ2n) is 6.98. The Hall–Kier alpha value is -1.98. The van der Waals surface area contributed by atoms with E-state index in [0.29, 0.717) is 11.6 Å². The summed E-state index contributed by atoms with van der Waals surface area (Å²) in [6.07, 6.45) is -3.57. The Morgan fingerprint density at radius 1 is 1.20 bits per heavy atom. The van der Waals surface area contributed by atoms with Crippen LogP contribution in [0.15, 0.2) is 36.0 Å². The predicted octanol–water partition coefficient (Wildman–Crippen LogP) is 5.17. The van der Waals surface area contributed by atoms with Crippen molar-refractivity contribution < 1.29 is 18.0 Å². The standard InChI is InChI=1S/C19H27F3N2O/c1-13(2)10-14(3)16-8-6-7-9-17(16)23-18(25)15(12-24(4)5)11-19(20,21)22/h6-9,12-14H,10-11H2,1-5H3,(H,23,25)/b15-12+/t14-/m1/s1. The highest BCUT2D eigenvalue weighted by Gasteiger charge is 2.32. The van der Waals surface area contributed by atoms with E-state index < -0.39 is 18.5 Å². The topological polar surface area (TPSA) is 32.3 Å². The summed E-state index contributed by atoms with van der Waals surface area (Å²) in [5.74, 6) is -0.0520. The molecule has 0 aliphatic heterocycles. The average Bonchev–Trinajstić information content (AvgIpc) is 2.44. The third-order valence-corrected chi connectivity index (χ3v) is 3.66. The Morgan fingerprint density at radius 3 is 2.32 bits per heavy atom. The number of nitrogens with zero attached hydrogens (tertiary/aromatic N) is 1. The second-order valence-corrected chi connectivity index (χ2v) is 6.98. The molecule has 0 bridgehead atoms. The molecule has 25 heavy (non-hydrogen) atoms. The maximum Gasteiger partial charge on any atom is 0.393 e. The van der Waals surface area contributed by atoms with Gasteiger partial charge in [-0.2, -0.15) is 13.2 Å². The van der Waals surface area contributed by atoms with Gasteiger partial charge in [0.2, 0.25) is 0 Å². The fraction of sp³-hybridized carbons (Fsp3) is 0.526. The number of benzene rings is 1. The lowest BCUT2D eigenvalue weighted by atomic mass is 9.91. The summed E-state index contributed by atoms with van der Waals surface area (Å²) < 4.78 is 38.3. The number of nitrogens with one attached hydrogen (secondary N) is 1. The number of hydrogen-bond acceptors (Lipinski definition) is 2. The SMILES string of the molecule is CC(C)C[C@@H](C)c1ccccc1NC(=O)/C(=C/N(C)C)CC(F)(F)F. The van der Waals surface area contributed by atoms with Crippen LogP contribution in [-0.4, -0.2) is 31.1 Å². The van der Waals surface area contributed by atoms with Crippen molar-refractivity contribution in [1.29, 1.82) is 0 Å². The van der Waals surface area contributed by atoms with Crippen LogP contribution in [0.25, 0.3) is 0 Å². The number of alkyl halides is 3. The summed E-state index contributed by atoms with van der Waals surface area (Å²) in [4.78, 5) is 13.9. The molecule has 0 aliphatic rings. The molecule has 3 nitrogen and oxygen atoms in total. The van der Waals surface area contributed by atoms with Crippen LogP contribution in [0, 0.1) is 5.92 Å². The first-order valence-corrected chi connectivity index (χ1v) is 8.33. The summed E-state index contributed by atoms with van der Waals surface area (Å²) >= 11 is 0. The van der Waals surface area contributed by atoms with E-state index in [2.05, 4.69) is 26.1 Å². The van der Waals surface area contributed by atoms with Crippen LogP contribution < -0.4 is 5.32 Å². The van der Waals surface area contributed by atoms with Gasteiger partial charge in [0.1, 0.15) is 0 Å². The number of carbonyl (C=O) groups excluding carboxylic acids is 1. The third-order valence-electron chi connectivity index (χ3n) is 3.66. The van der Waals surface area contributed by atoms with Crippen LogP contribution in [0.3, 0.4) is 0 Å². The molecular weight excluding hydrogens is 329 g/mol. The van der Waals surface area contributed by atoms with Gasteiger partial charge < -0.3 is 10.2 Å². The van der Waals surface area contributed by atoms with E-state index in [-0.39, 0.29) is 11.5 Å². The van der Waals surface area contributed by atoms with E-state index in [1.807, 2.05) is 12.1 Å². The first kappa shape index (κ1) is 21.1. The van der Waals surface area contributed by atoms with Gasteiger partial charge in [-0.3, -0.25) is 4.79 Å². The lowest BCUT2D eigenvalue weighted by molar-refractivity contribution is -0.132. The van der Waals surface area contributed by atoms with Gasteiger partial charge in [-0.15, -0.1) is 0 Å². The van der Waals surface area contributed by atoms with Crippen molar-refractivity contribution in [3.8, 4) is 0 Å². The Bertz CT molecular complexity index is 607. The van der Waals surface area contributed by atoms with Gasteiger partial charge in [-0.05, 0) is 29.9 Å². The van der Waals surface area contributed by atoms with Crippen molar-refractivity contribution in [2.45, 2.75) is 45.7 Å². The van der Waals surface area contributed by atoms with E-state index >= 15 is 0 Å². The van der Waals surface area contributed by atoms with Crippen LogP contribution in [0.4, 0.5) is 18.9 Å². The summed E-state index contributed by atoms with van der Waals surface area (Å²) in [5.41, 5.74) is 1.18. The molecule has 1 N–H and O–H groups in total. The quantitative estimate of drug-likeness (QED) is 0.683. The largest absolute Gasteiger partial charge is 0.393 e. The van der Waals surface area contributed by atoms with E-state index in [4.69, 9.17) is 0 Å². The Kier molecular flexibility index (Phi) is 7.52. The number of rotatable bonds is 7. The minimum Gasteiger partial charge on any atom is -0.383 e. The van der Waals surface area contributed by atoms with Crippen molar-refractivity contribution in [1.82, 2.24) is 4.90 Å². The number of halogens is 3. The molecule has 0 unspecified atom stereocenters. The van der Waals surface area contributed by atoms with Crippen LogP contribution in [-0.2, 0) is 4.79 Å². The highest BCUT2D eigenvalue weighted by Crippen LogP contribution is 2.30. The van der Waals surface area contributed by atoms with Crippen LogP contribution >= 0.6 is 0 Å². The molecule has 0 heterocycles. The molecule has 140 valence electrons. The third kappa shape index (κ3) is 7.63.